The molecule has 0 amide bonds. The van der Waals surface area contributed by atoms with E-state index >= 15 is 0 Å². The van der Waals surface area contributed by atoms with Crippen molar-refractivity contribution < 1.29 is 27.9 Å². The van der Waals surface area contributed by atoms with Crippen molar-refractivity contribution in [1.82, 2.24) is 0 Å². The largest absolute Gasteiger partial charge is 0.332 e. The molecule has 0 aromatic heterocycles. The molecule has 1 unspecified atom stereocenters. The van der Waals surface area contributed by atoms with Gasteiger partial charge >= 0.3 is 17.2 Å². The summed E-state index contributed by atoms with van der Waals surface area (Å²) in [6.07, 6.45) is 11.2. The third kappa shape index (κ3) is 24.7. The van der Waals surface area contributed by atoms with Crippen LogP contribution in [0.15, 0.2) is 0 Å². The van der Waals surface area contributed by atoms with E-state index < -0.39 is 17.2 Å². The lowest BCUT2D eigenvalue weighted by molar-refractivity contribution is 0.155. The van der Waals surface area contributed by atoms with E-state index in [1.807, 2.05) is 0 Å². The lowest BCUT2D eigenvalue weighted by Gasteiger charge is -2.16. The van der Waals surface area contributed by atoms with Crippen molar-refractivity contribution >= 4 is 17.2 Å². The Kier molecular flexibility index (Phi) is 28.2. The first-order valence-corrected chi connectivity index (χ1v) is 13.3. The minimum absolute atomic E-state index is 0.481. The Hall–Kier alpha value is 0.620. The first-order chi connectivity index (χ1) is 13.5. The summed E-state index contributed by atoms with van der Waals surface area (Å²) in [4.78, 5) is 17.0. The summed E-state index contributed by atoms with van der Waals surface area (Å²) >= 11 is 0. The van der Waals surface area contributed by atoms with Crippen LogP contribution in [0.3, 0.4) is 0 Å². The van der Waals surface area contributed by atoms with Gasteiger partial charge in [0.05, 0.1) is 26.4 Å². The Morgan fingerprint density at radius 2 is 1.07 bits per heavy atom. The van der Waals surface area contributed by atoms with E-state index in [-0.39, 0.29) is 0 Å². The Morgan fingerprint density at radius 3 is 1.39 bits per heavy atom. The molecule has 0 aromatic carbocycles. The van der Waals surface area contributed by atoms with Crippen LogP contribution in [0.1, 0.15) is 98.8 Å². The molecular weight excluding hydrogens is 398 g/mol. The van der Waals surface area contributed by atoms with Gasteiger partial charge in [-0.05, 0) is 31.6 Å². The van der Waals surface area contributed by atoms with Crippen LogP contribution in [0.2, 0.25) is 0 Å². The van der Waals surface area contributed by atoms with Crippen LogP contribution in [0, 0.1) is 5.92 Å². The molecule has 172 valence electrons. The third-order valence-electron chi connectivity index (χ3n) is 4.05. The van der Waals surface area contributed by atoms with E-state index in [4.69, 9.17) is 27.9 Å². The van der Waals surface area contributed by atoms with E-state index in [9.17, 15) is 0 Å². The molecule has 0 rings (SSSR count). The molecule has 0 aliphatic rings. The molecule has 0 fully saturated rings. The summed E-state index contributed by atoms with van der Waals surface area (Å²) in [5.74, 6) is 0.481. The van der Waals surface area contributed by atoms with Crippen molar-refractivity contribution in [2.24, 2.45) is 5.92 Å². The van der Waals surface area contributed by atoms with E-state index in [1.165, 1.54) is 12.8 Å². The van der Waals surface area contributed by atoms with Crippen LogP contribution in [0.4, 0.5) is 0 Å². The Balaban J connectivity index is 0. The van der Waals surface area contributed by atoms with Crippen molar-refractivity contribution in [3.8, 4) is 0 Å². The maximum absolute atomic E-state index is 8.52. The average molecular weight is 445 g/mol. The van der Waals surface area contributed by atoms with Crippen molar-refractivity contribution in [1.29, 1.82) is 0 Å². The molecule has 28 heavy (non-hydrogen) atoms. The highest BCUT2D eigenvalue weighted by molar-refractivity contribution is 7.41. The standard InChI is InChI=1S/C12H27O3P.C8H19O3P/c1-4-7-10-13-16(14-11-8-5-2)15-12-9-6-3;1-3-5-6-8(4-2)7-11-12(9)10/h4-12H2,1-3H3;8-10H,3-7H2,1-2H3. The van der Waals surface area contributed by atoms with Gasteiger partial charge in [-0.25, -0.2) is 0 Å². The van der Waals surface area contributed by atoms with Crippen LogP contribution in [0.5, 0.6) is 0 Å². The summed E-state index contributed by atoms with van der Waals surface area (Å²) in [5.41, 5.74) is 0. The van der Waals surface area contributed by atoms with Gasteiger partial charge < -0.3 is 27.9 Å². The zero-order valence-corrected chi connectivity index (χ0v) is 20.7. The Labute approximate surface area is 176 Å². The monoisotopic (exact) mass is 444 g/mol. The van der Waals surface area contributed by atoms with Crippen LogP contribution in [-0.4, -0.2) is 36.2 Å². The van der Waals surface area contributed by atoms with E-state index in [0.717, 1.165) is 71.2 Å². The highest BCUT2D eigenvalue weighted by Crippen LogP contribution is 2.40. The molecule has 0 saturated carbocycles. The minimum Gasteiger partial charge on any atom is -0.328 e. The van der Waals surface area contributed by atoms with Crippen molar-refractivity contribution in [3.05, 3.63) is 0 Å². The molecule has 0 aromatic rings. The first kappa shape index (κ1) is 30.8. The highest BCUT2D eigenvalue weighted by Gasteiger charge is 2.11. The smallest absolute Gasteiger partial charge is 0.328 e. The molecule has 0 spiro atoms. The Morgan fingerprint density at radius 1 is 0.643 bits per heavy atom. The average Bonchev–Trinajstić information content (AvgIpc) is 2.68. The molecule has 0 aliphatic carbocycles. The summed E-state index contributed by atoms with van der Waals surface area (Å²) in [6.45, 7) is 13.4. The number of hydrogen-bond acceptors (Lipinski definition) is 6. The van der Waals surface area contributed by atoms with E-state index in [2.05, 4.69) is 34.6 Å². The quantitative estimate of drug-likeness (QED) is 0.163. The predicted molar refractivity (Wildman–Crippen MR) is 120 cm³/mol. The minimum atomic E-state index is -2.15. The van der Waals surface area contributed by atoms with Crippen LogP contribution in [-0.2, 0) is 18.1 Å². The summed E-state index contributed by atoms with van der Waals surface area (Å²) in [6, 6.07) is 0. The fourth-order valence-corrected chi connectivity index (χ4v) is 3.43. The van der Waals surface area contributed by atoms with Crippen LogP contribution < -0.4 is 0 Å². The maximum atomic E-state index is 8.52. The molecule has 8 heteroatoms. The first-order valence-electron chi connectivity index (χ1n) is 11.0. The SMILES string of the molecule is CCCCC(CC)COP(O)O.CCCCOP(OCCCC)OCCCC. The lowest BCUT2D eigenvalue weighted by Crippen LogP contribution is -2.06. The van der Waals surface area contributed by atoms with Crippen LogP contribution in [0.25, 0.3) is 0 Å². The topological polar surface area (TPSA) is 77.4 Å². The number of rotatable bonds is 19. The highest BCUT2D eigenvalue weighted by atomic mass is 31.2. The lowest BCUT2D eigenvalue weighted by atomic mass is 10.0. The molecule has 0 bridgehead atoms. The number of hydrogen-bond donors (Lipinski definition) is 2. The summed E-state index contributed by atoms with van der Waals surface area (Å²) in [7, 11) is -3.25. The molecular formula is C20H46O6P2. The van der Waals surface area contributed by atoms with Crippen molar-refractivity contribution in [2.45, 2.75) is 98.8 Å². The van der Waals surface area contributed by atoms with Gasteiger partial charge in [0.15, 0.2) is 0 Å². The molecule has 1 atom stereocenters. The predicted octanol–water partition coefficient (Wildman–Crippen LogP) is 7.09. The molecule has 0 heterocycles. The zero-order valence-electron chi connectivity index (χ0n) is 18.9. The van der Waals surface area contributed by atoms with Gasteiger partial charge in [0, 0.05) is 0 Å². The fourth-order valence-electron chi connectivity index (χ4n) is 2.03. The third-order valence-corrected chi connectivity index (χ3v) is 5.61. The fraction of sp³-hybridized carbons (Fsp3) is 1.00. The number of unbranched alkanes of at least 4 members (excludes halogenated alkanes) is 4. The molecule has 0 saturated heterocycles. The second-order valence-corrected chi connectivity index (χ2v) is 8.73. The summed E-state index contributed by atoms with van der Waals surface area (Å²) in [5, 5.41) is 0. The summed E-state index contributed by atoms with van der Waals surface area (Å²) < 4.78 is 21.6. The van der Waals surface area contributed by atoms with Crippen molar-refractivity contribution in [3.63, 3.8) is 0 Å². The Bertz CT molecular complexity index is 262. The second-order valence-electron chi connectivity index (χ2n) is 6.75. The van der Waals surface area contributed by atoms with Gasteiger partial charge in [0.1, 0.15) is 0 Å². The van der Waals surface area contributed by atoms with Gasteiger partial charge in [-0.1, -0.05) is 73.1 Å². The van der Waals surface area contributed by atoms with Crippen molar-refractivity contribution in [2.75, 3.05) is 26.4 Å². The van der Waals surface area contributed by atoms with Gasteiger partial charge in [-0.2, -0.15) is 0 Å². The van der Waals surface area contributed by atoms with Crippen LogP contribution >= 0.6 is 17.2 Å². The maximum Gasteiger partial charge on any atom is 0.332 e. The molecule has 0 radical (unpaired) electrons. The second kappa shape index (κ2) is 25.7. The van der Waals surface area contributed by atoms with Gasteiger partial charge in [0.2, 0.25) is 0 Å². The van der Waals surface area contributed by atoms with E-state index in [1.54, 1.807) is 0 Å². The molecule has 0 aliphatic heterocycles. The molecule has 2 N–H and O–H groups in total. The van der Waals surface area contributed by atoms with Gasteiger partial charge in [-0.3, -0.25) is 0 Å². The normalized spacial score (nSPS) is 12.3. The van der Waals surface area contributed by atoms with E-state index in [0.29, 0.717) is 12.5 Å². The zero-order chi connectivity index (χ0) is 21.5. The van der Waals surface area contributed by atoms with Gasteiger partial charge in [-0.15, -0.1) is 0 Å². The van der Waals surface area contributed by atoms with Gasteiger partial charge in [0.25, 0.3) is 0 Å². The molecule has 6 nitrogen and oxygen atoms in total.